The van der Waals surface area contributed by atoms with Crippen molar-refractivity contribution in [3.05, 3.63) is 0 Å². The quantitative estimate of drug-likeness (QED) is 0.153. The highest BCUT2D eigenvalue weighted by Crippen LogP contribution is 2.40. The summed E-state index contributed by atoms with van der Waals surface area (Å²) in [4.78, 5) is 58.5. The maximum Gasteiger partial charge on any atom is 0.251 e. The predicted molar refractivity (Wildman–Crippen MR) is 182 cm³/mol. The van der Waals surface area contributed by atoms with Gasteiger partial charge in [0.15, 0.2) is 16.6 Å². The third-order valence-corrected chi connectivity index (χ3v) is 18.6. The number of nitrogens with zero attached hydrogens (tertiary/aromatic N) is 2. The van der Waals surface area contributed by atoms with E-state index in [4.69, 9.17) is 18.5 Å². The fraction of sp³-hybridized carbons (Fsp3) is 0.875. The zero-order valence-electron chi connectivity index (χ0n) is 31.6. The van der Waals surface area contributed by atoms with Gasteiger partial charge in [-0.1, -0.05) is 69.2 Å². The molecule has 6 atom stereocenters. The molecule has 12 heteroatoms. The fourth-order valence-corrected chi connectivity index (χ4v) is 6.69. The first-order valence-electron chi connectivity index (χ1n) is 15.5. The summed E-state index contributed by atoms with van der Waals surface area (Å²) in [5, 5.41) is 2.41. The molecule has 10 nitrogen and oxygen atoms in total. The van der Waals surface area contributed by atoms with E-state index in [1.807, 2.05) is 13.8 Å². The molecule has 0 rings (SSSR count). The summed E-state index contributed by atoms with van der Waals surface area (Å²) >= 11 is 0. The summed E-state index contributed by atoms with van der Waals surface area (Å²) < 4.78 is 12.8. The van der Waals surface area contributed by atoms with Crippen molar-refractivity contribution in [2.75, 3.05) is 28.3 Å². The minimum absolute atomic E-state index is 0.0116. The highest BCUT2D eigenvalue weighted by atomic mass is 28.4. The second kappa shape index (κ2) is 17.5. The van der Waals surface area contributed by atoms with Gasteiger partial charge in [0.1, 0.15) is 11.6 Å². The van der Waals surface area contributed by atoms with Gasteiger partial charge in [0, 0.05) is 25.9 Å². The van der Waals surface area contributed by atoms with Crippen molar-refractivity contribution in [1.82, 2.24) is 10.1 Å². The standard InChI is InChI=1S/2C16H33NO4Si/c2*1-11(13(3)18)14(12(2)15(19)17(7)20-8)21-22(9,10)16(4,5)6/h2*11-12,14H,1-10H3/t2*11-,12+,14-/m00/s1. The van der Waals surface area contributed by atoms with Crippen LogP contribution < -0.4 is 0 Å². The van der Waals surface area contributed by atoms with E-state index in [0.29, 0.717) is 0 Å². The number of Topliss-reactive ketones (excluding diaryl/α,β-unsaturated/α-hetero) is 2. The minimum Gasteiger partial charge on any atom is -0.412 e. The van der Waals surface area contributed by atoms with Crippen LogP contribution in [0.25, 0.3) is 0 Å². The lowest BCUT2D eigenvalue weighted by atomic mass is 9.90. The van der Waals surface area contributed by atoms with E-state index in [9.17, 15) is 19.2 Å². The largest absolute Gasteiger partial charge is 0.412 e. The Morgan fingerprint density at radius 1 is 0.545 bits per heavy atom. The molecule has 2 amide bonds. The smallest absolute Gasteiger partial charge is 0.251 e. The van der Waals surface area contributed by atoms with Gasteiger partial charge in [-0.2, -0.15) is 0 Å². The first-order valence-corrected chi connectivity index (χ1v) is 21.3. The van der Waals surface area contributed by atoms with Gasteiger partial charge in [-0.15, -0.1) is 0 Å². The molecule has 0 unspecified atom stereocenters. The van der Waals surface area contributed by atoms with Gasteiger partial charge < -0.3 is 8.85 Å². The average Bonchev–Trinajstić information content (AvgIpc) is 2.90. The molecule has 0 radical (unpaired) electrons. The van der Waals surface area contributed by atoms with Crippen LogP contribution in [0.4, 0.5) is 0 Å². The number of hydrogen-bond acceptors (Lipinski definition) is 8. The van der Waals surface area contributed by atoms with Gasteiger partial charge in [-0.3, -0.25) is 28.9 Å². The molecule has 0 aliphatic rings. The van der Waals surface area contributed by atoms with Crippen LogP contribution in [0.5, 0.6) is 0 Å². The van der Waals surface area contributed by atoms with Crippen molar-refractivity contribution in [1.29, 1.82) is 0 Å². The Morgan fingerprint density at radius 3 is 0.932 bits per heavy atom. The monoisotopic (exact) mass is 662 g/mol. The van der Waals surface area contributed by atoms with E-state index >= 15 is 0 Å². The van der Waals surface area contributed by atoms with Crippen LogP contribution in [-0.4, -0.2) is 90.7 Å². The lowest BCUT2D eigenvalue weighted by Crippen LogP contribution is -2.51. The first-order chi connectivity index (χ1) is 19.5. The average molecular weight is 663 g/mol. The highest BCUT2D eigenvalue weighted by Gasteiger charge is 2.45. The maximum absolute atomic E-state index is 12.4. The molecule has 0 heterocycles. The topological polar surface area (TPSA) is 112 Å². The van der Waals surface area contributed by atoms with Crippen molar-refractivity contribution >= 4 is 40.0 Å². The molecule has 0 spiro atoms. The van der Waals surface area contributed by atoms with Gasteiger partial charge in [0.05, 0.1) is 38.3 Å². The summed E-state index contributed by atoms with van der Waals surface area (Å²) in [6.07, 6.45) is -0.882. The fourth-order valence-electron chi connectivity index (χ4n) is 3.81. The lowest BCUT2D eigenvalue weighted by molar-refractivity contribution is -0.177. The summed E-state index contributed by atoms with van der Waals surface area (Å²) in [7, 11) is 1.85. The second-order valence-corrected chi connectivity index (χ2v) is 24.6. The first kappa shape index (κ1) is 44.7. The number of hydroxylamine groups is 4. The van der Waals surface area contributed by atoms with Crippen LogP contribution >= 0.6 is 0 Å². The number of rotatable bonds is 14. The van der Waals surface area contributed by atoms with Crippen LogP contribution in [-0.2, 0) is 37.7 Å². The molecule has 44 heavy (non-hydrogen) atoms. The predicted octanol–water partition coefficient (Wildman–Crippen LogP) is 6.52. The zero-order valence-corrected chi connectivity index (χ0v) is 33.6. The molecule has 0 aromatic heterocycles. The highest BCUT2D eigenvalue weighted by molar-refractivity contribution is 6.74. The zero-order chi connectivity index (χ0) is 35.8. The normalized spacial score (nSPS) is 16.8. The van der Waals surface area contributed by atoms with Gasteiger partial charge in [0.2, 0.25) is 0 Å². The van der Waals surface area contributed by atoms with E-state index in [-0.39, 0.29) is 45.3 Å². The minimum atomic E-state index is -2.09. The van der Waals surface area contributed by atoms with Crippen LogP contribution in [0.2, 0.25) is 36.3 Å². The Kier molecular flexibility index (Phi) is 17.7. The van der Waals surface area contributed by atoms with E-state index in [2.05, 4.69) is 67.7 Å². The molecule has 0 bridgehead atoms. The second-order valence-electron chi connectivity index (χ2n) is 15.1. The van der Waals surface area contributed by atoms with Crippen molar-refractivity contribution in [3.63, 3.8) is 0 Å². The summed E-state index contributed by atoms with van der Waals surface area (Å²) in [5.41, 5.74) is 0. The Morgan fingerprint density at radius 2 is 0.773 bits per heavy atom. The molecule has 0 N–H and O–H groups in total. The summed E-state index contributed by atoms with van der Waals surface area (Å²) in [5.74, 6) is -1.86. The molecular weight excluding hydrogens is 597 g/mol. The van der Waals surface area contributed by atoms with Crippen LogP contribution in [0.1, 0.15) is 83.1 Å². The lowest BCUT2D eigenvalue weighted by Gasteiger charge is -2.42. The third kappa shape index (κ3) is 12.7. The van der Waals surface area contributed by atoms with Crippen molar-refractivity contribution in [3.8, 4) is 0 Å². The third-order valence-electron chi connectivity index (χ3n) is 9.67. The number of hydrogen-bond donors (Lipinski definition) is 0. The van der Waals surface area contributed by atoms with E-state index in [1.165, 1.54) is 24.3 Å². The van der Waals surface area contributed by atoms with Gasteiger partial charge >= 0.3 is 0 Å². The van der Waals surface area contributed by atoms with Gasteiger partial charge in [0.25, 0.3) is 11.8 Å². The van der Waals surface area contributed by atoms with Gasteiger partial charge in [-0.05, 0) is 50.1 Å². The number of carbonyl (C=O) groups excluding carboxylic acids is 4. The molecule has 0 saturated heterocycles. The molecule has 0 aliphatic carbocycles. The van der Waals surface area contributed by atoms with Crippen molar-refractivity contribution < 1.29 is 37.7 Å². The summed E-state index contributed by atoms with van der Waals surface area (Å²) in [6.45, 7) is 31.7. The Hall–Kier alpha value is -1.45. The number of ketones is 2. The molecule has 260 valence electrons. The van der Waals surface area contributed by atoms with E-state index in [1.54, 1.807) is 41.8 Å². The van der Waals surface area contributed by atoms with Crippen LogP contribution in [0.3, 0.4) is 0 Å². The van der Waals surface area contributed by atoms with Crippen molar-refractivity contribution in [2.45, 2.75) is 132 Å². The molecule has 0 aromatic carbocycles. The molecular formula is C32H66N2O8Si2. The SMILES string of the molecule is CON(C)C(=O)[C@H](C)[C@@H](O[Si](C)(C)C(C)(C)C)[C@@H](C)C(C)=O.CON(C)C(=O)[C@H](C)[C@@H](O[Si](C)(C)C(C)(C)C)[C@@H](C)C(C)=O. The maximum atomic E-state index is 12.4. The van der Waals surface area contributed by atoms with E-state index < -0.39 is 40.7 Å². The molecule has 0 saturated carbocycles. The van der Waals surface area contributed by atoms with Crippen molar-refractivity contribution in [2.24, 2.45) is 23.7 Å². The Balaban J connectivity index is 0. The molecule has 0 fully saturated rings. The number of carbonyl (C=O) groups is 4. The Bertz CT molecular complexity index is 883. The molecule has 0 aliphatic heterocycles. The van der Waals surface area contributed by atoms with Crippen LogP contribution in [0.15, 0.2) is 0 Å². The van der Waals surface area contributed by atoms with E-state index in [0.717, 1.165) is 0 Å². The van der Waals surface area contributed by atoms with Gasteiger partial charge in [-0.25, -0.2) is 10.1 Å². The Labute approximate surface area is 271 Å². The molecule has 0 aromatic rings. The summed E-state index contributed by atoms with van der Waals surface area (Å²) in [6, 6.07) is 0. The van der Waals surface area contributed by atoms with Crippen LogP contribution in [0, 0.1) is 23.7 Å². The number of amides is 2.